The molecule has 0 radical (unpaired) electrons. The molecule has 2 aromatic rings. The van der Waals surface area contributed by atoms with E-state index in [2.05, 4.69) is 4.98 Å². The molecule has 0 aliphatic rings. The third-order valence-electron chi connectivity index (χ3n) is 2.60. The number of nitrogens with zero attached hydrogens (tertiary/aromatic N) is 2. The second-order valence-electron chi connectivity index (χ2n) is 4.04. The molecule has 1 aromatic heterocycles. The first-order valence-electron chi connectivity index (χ1n) is 5.77. The Bertz CT molecular complexity index is 634. The molecule has 0 saturated carbocycles. The van der Waals surface area contributed by atoms with E-state index in [1.165, 1.54) is 24.3 Å². The largest absolute Gasteiger partial charge is 0.485 e. The summed E-state index contributed by atoms with van der Waals surface area (Å²) in [5.41, 5.74) is 6.48. The predicted octanol–water partition coefficient (Wildman–Crippen LogP) is 2.62. The van der Waals surface area contributed by atoms with Crippen molar-refractivity contribution in [2.24, 2.45) is 0 Å². The number of anilines is 1. The van der Waals surface area contributed by atoms with Gasteiger partial charge in [0.05, 0.1) is 10.6 Å². The van der Waals surface area contributed by atoms with Gasteiger partial charge in [0.1, 0.15) is 13.3 Å². The van der Waals surface area contributed by atoms with E-state index >= 15 is 0 Å². The molecule has 0 aliphatic carbocycles. The van der Waals surface area contributed by atoms with Gasteiger partial charge in [0.25, 0.3) is 5.69 Å². The van der Waals surface area contributed by atoms with E-state index < -0.39 is 11.6 Å². The van der Waals surface area contributed by atoms with Gasteiger partial charge in [0, 0.05) is 12.1 Å². The van der Waals surface area contributed by atoms with E-state index in [1.54, 1.807) is 12.1 Å². The monoisotopic (exact) mass is 277 g/mol. The fourth-order valence-electron chi connectivity index (χ4n) is 1.62. The SMILES string of the molecule is Nc1nc(CF)ccc1OCc1cccc([N+](=O)[O-])c1. The number of halogens is 1. The summed E-state index contributed by atoms with van der Waals surface area (Å²) in [6.07, 6.45) is 0. The molecule has 0 atom stereocenters. The number of non-ortho nitro benzene ring substituents is 1. The van der Waals surface area contributed by atoms with E-state index in [0.717, 1.165) is 0 Å². The van der Waals surface area contributed by atoms with Gasteiger partial charge >= 0.3 is 0 Å². The van der Waals surface area contributed by atoms with Crippen LogP contribution in [0.4, 0.5) is 15.9 Å². The average Bonchev–Trinajstić information content (AvgIpc) is 2.46. The summed E-state index contributed by atoms with van der Waals surface area (Å²) in [7, 11) is 0. The molecule has 0 spiro atoms. The molecule has 1 heterocycles. The highest BCUT2D eigenvalue weighted by molar-refractivity contribution is 5.46. The van der Waals surface area contributed by atoms with Crippen LogP contribution in [0.25, 0.3) is 0 Å². The first-order valence-corrected chi connectivity index (χ1v) is 5.77. The van der Waals surface area contributed by atoms with Crippen molar-refractivity contribution in [2.75, 3.05) is 5.73 Å². The van der Waals surface area contributed by atoms with Crippen molar-refractivity contribution in [2.45, 2.75) is 13.3 Å². The zero-order valence-electron chi connectivity index (χ0n) is 10.5. The molecular weight excluding hydrogens is 265 g/mol. The van der Waals surface area contributed by atoms with E-state index in [9.17, 15) is 14.5 Å². The summed E-state index contributed by atoms with van der Waals surface area (Å²) in [4.78, 5) is 14.0. The molecule has 0 saturated heterocycles. The number of alkyl halides is 1. The molecule has 7 heteroatoms. The molecule has 1 aromatic carbocycles. The number of nitro benzene ring substituents is 1. The van der Waals surface area contributed by atoms with Crippen LogP contribution in [0.3, 0.4) is 0 Å². The fourth-order valence-corrected chi connectivity index (χ4v) is 1.62. The number of nitrogen functional groups attached to an aromatic ring is 1. The molecule has 0 unspecified atom stereocenters. The Morgan fingerprint density at radius 1 is 1.35 bits per heavy atom. The molecule has 0 bridgehead atoms. The van der Waals surface area contributed by atoms with Crippen molar-refractivity contribution >= 4 is 11.5 Å². The average molecular weight is 277 g/mol. The predicted molar refractivity (Wildman–Crippen MR) is 70.9 cm³/mol. The number of ether oxygens (including phenoxy) is 1. The number of rotatable bonds is 5. The Labute approximate surface area is 114 Å². The summed E-state index contributed by atoms with van der Waals surface area (Å²) in [6, 6.07) is 9.08. The van der Waals surface area contributed by atoms with Gasteiger partial charge < -0.3 is 10.5 Å². The molecule has 0 aliphatic heterocycles. The summed E-state index contributed by atoms with van der Waals surface area (Å²) in [5, 5.41) is 10.7. The van der Waals surface area contributed by atoms with Gasteiger partial charge in [-0.05, 0) is 17.7 Å². The van der Waals surface area contributed by atoms with Gasteiger partial charge in [-0.3, -0.25) is 10.1 Å². The lowest BCUT2D eigenvalue weighted by molar-refractivity contribution is -0.384. The highest BCUT2D eigenvalue weighted by atomic mass is 19.1. The van der Waals surface area contributed by atoms with Crippen LogP contribution in [0.15, 0.2) is 36.4 Å². The lowest BCUT2D eigenvalue weighted by Crippen LogP contribution is -2.02. The maximum atomic E-state index is 12.4. The topological polar surface area (TPSA) is 91.3 Å². The Morgan fingerprint density at radius 2 is 2.15 bits per heavy atom. The van der Waals surface area contributed by atoms with Gasteiger partial charge in [0.2, 0.25) is 0 Å². The molecule has 104 valence electrons. The van der Waals surface area contributed by atoms with Crippen LogP contribution in [-0.4, -0.2) is 9.91 Å². The van der Waals surface area contributed by atoms with Crippen molar-refractivity contribution in [3.05, 3.63) is 57.8 Å². The van der Waals surface area contributed by atoms with E-state index in [4.69, 9.17) is 10.5 Å². The maximum absolute atomic E-state index is 12.4. The molecule has 2 rings (SSSR count). The van der Waals surface area contributed by atoms with Crippen LogP contribution in [0.5, 0.6) is 5.75 Å². The standard InChI is InChI=1S/C13H12FN3O3/c14-7-10-4-5-12(13(15)16-10)20-8-9-2-1-3-11(6-9)17(18)19/h1-6H,7-8H2,(H2,15,16). The summed E-state index contributed by atoms with van der Waals surface area (Å²) < 4.78 is 17.8. The highest BCUT2D eigenvalue weighted by Gasteiger charge is 2.08. The number of hydrogen-bond acceptors (Lipinski definition) is 5. The number of hydrogen-bond donors (Lipinski definition) is 1. The van der Waals surface area contributed by atoms with Crippen molar-refractivity contribution < 1.29 is 14.1 Å². The minimum Gasteiger partial charge on any atom is -0.485 e. The van der Waals surface area contributed by atoms with Crippen LogP contribution in [0.1, 0.15) is 11.3 Å². The quantitative estimate of drug-likeness (QED) is 0.670. The van der Waals surface area contributed by atoms with Crippen LogP contribution < -0.4 is 10.5 Å². The smallest absolute Gasteiger partial charge is 0.269 e. The summed E-state index contributed by atoms with van der Waals surface area (Å²) in [6.45, 7) is -0.585. The number of aromatic nitrogens is 1. The van der Waals surface area contributed by atoms with Gasteiger partial charge in [-0.15, -0.1) is 0 Å². The zero-order valence-corrected chi connectivity index (χ0v) is 10.5. The number of pyridine rings is 1. The number of nitro groups is 1. The van der Waals surface area contributed by atoms with Crippen LogP contribution >= 0.6 is 0 Å². The molecular formula is C13H12FN3O3. The van der Waals surface area contributed by atoms with Crippen molar-refractivity contribution in [1.82, 2.24) is 4.98 Å². The molecule has 0 amide bonds. The third kappa shape index (κ3) is 3.19. The Morgan fingerprint density at radius 3 is 2.80 bits per heavy atom. The third-order valence-corrected chi connectivity index (χ3v) is 2.60. The first-order chi connectivity index (χ1) is 9.60. The van der Waals surface area contributed by atoms with E-state index in [0.29, 0.717) is 11.3 Å². The van der Waals surface area contributed by atoms with Gasteiger partial charge in [-0.2, -0.15) is 0 Å². The van der Waals surface area contributed by atoms with Crippen LogP contribution in [0.2, 0.25) is 0 Å². The molecule has 6 nitrogen and oxygen atoms in total. The van der Waals surface area contributed by atoms with Gasteiger partial charge in [-0.1, -0.05) is 12.1 Å². The summed E-state index contributed by atoms with van der Waals surface area (Å²) >= 11 is 0. The lowest BCUT2D eigenvalue weighted by atomic mass is 10.2. The van der Waals surface area contributed by atoms with Crippen molar-refractivity contribution in [3.8, 4) is 5.75 Å². The minimum absolute atomic E-state index is 0.00928. The summed E-state index contributed by atoms with van der Waals surface area (Å²) in [5.74, 6) is 0.402. The van der Waals surface area contributed by atoms with Gasteiger partial charge in [-0.25, -0.2) is 9.37 Å². The molecule has 0 fully saturated rings. The fraction of sp³-hybridized carbons (Fsp3) is 0.154. The van der Waals surface area contributed by atoms with E-state index in [-0.39, 0.29) is 23.8 Å². The second kappa shape index (κ2) is 5.96. The molecule has 2 N–H and O–H groups in total. The second-order valence-corrected chi connectivity index (χ2v) is 4.04. The normalized spacial score (nSPS) is 10.2. The van der Waals surface area contributed by atoms with E-state index in [1.807, 2.05) is 0 Å². The zero-order chi connectivity index (χ0) is 14.5. The van der Waals surface area contributed by atoms with Gasteiger partial charge in [0.15, 0.2) is 11.6 Å². The Hall–Kier alpha value is -2.70. The van der Waals surface area contributed by atoms with Crippen molar-refractivity contribution in [3.63, 3.8) is 0 Å². The number of benzene rings is 1. The van der Waals surface area contributed by atoms with Crippen molar-refractivity contribution in [1.29, 1.82) is 0 Å². The number of nitrogens with two attached hydrogens (primary N) is 1. The minimum atomic E-state index is -0.699. The highest BCUT2D eigenvalue weighted by Crippen LogP contribution is 2.21. The molecule has 20 heavy (non-hydrogen) atoms. The Kier molecular flexibility index (Phi) is 4.09. The first kappa shape index (κ1) is 13.7. The Balaban J connectivity index is 2.09. The lowest BCUT2D eigenvalue weighted by Gasteiger charge is -2.08. The van der Waals surface area contributed by atoms with Crippen LogP contribution in [0, 0.1) is 10.1 Å². The van der Waals surface area contributed by atoms with Crippen LogP contribution in [-0.2, 0) is 13.3 Å². The maximum Gasteiger partial charge on any atom is 0.269 e.